The molecule has 8 nitrogen and oxygen atoms in total. The summed E-state index contributed by atoms with van der Waals surface area (Å²) in [4.78, 5) is 43.5. The van der Waals surface area contributed by atoms with E-state index in [1.807, 2.05) is 37.3 Å². The zero-order chi connectivity index (χ0) is 24.2. The van der Waals surface area contributed by atoms with Gasteiger partial charge in [0.2, 0.25) is 5.91 Å². The number of nitrogens with zero attached hydrogens (tertiary/aromatic N) is 2. The van der Waals surface area contributed by atoms with Crippen LogP contribution in [0.1, 0.15) is 36.7 Å². The van der Waals surface area contributed by atoms with Gasteiger partial charge in [0, 0.05) is 13.2 Å². The lowest BCUT2D eigenvalue weighted by molar-refractivity contribution is -0.116. The fourth-order valence-electron chi connectivity index (χ4n) is 3.21. The van der Waals surface area contributed by atoms with Gasteiger partial charge in [0.25, 0.3) is 5.91 Å². The van der Waals surface area contributed by atoms with Gasteiger partial charge < -0.3 is 15.0 Å². The number of hydrogen-bond acceptors (Lipinski definition) is 5. The van der Waals surface area contributed by atoms with Crippen molar-refractivity contribution in [3.8, 4) is 0 Å². The van der Waals surface area contributed by atoms with E-state index in [1.165, 1.54) is 11.9 Å². The normalized spacial score (nSPS) is 11.1. The molecule has 33 heavy (non-hydrogen) atoms. The van der Waals surface area contributed by atoms with Crippen molar-refractivity contribution < 1.29 is 19.1 Å². The zero-order valence-corrected chi connectivity index (χ0v) is 19.4. The number of anilines is 2. The lowest BCUT2D eigenvalue weighted by Crippen LogP contribution is -2.35. The number of fused-ring (bicyclic) bond motifs is 1. The van der Waals surface area contributed by atoms with Gasteiger partial charge in [-0.3, -0.25) is 14.9 Å². The third kappa shape index (κ3) is 6.52. The second kappa shape index (κ2) is 9.68. The monoisotopic (exact) mass is 448 g/mol. The number of ether oxygens (including phenoxy) is 1. The average molecular weight is 449 g/mol. The van der Waals surface area contributed by atoms with Gasteiger partial charge in [0.05, 0.1) is 17.8 Å². The number of rotatable bonds is 5. The third-order valence-electron chi connectivity index (χ3n) is 4.66. The van der Waals surface area contributed by atoms with Crippen LogP contribution in [-0.4, -0.2) is 47.0 Å². The molecule has 2 N–H and O–H groups in total. The molecular formula is C25H28N4O4. The van der Waals surface area contributed by atoms with Gasteiger partial charge in [-0.15, -0.1) is 0 Å². The molecule has 0 unspecified atom stereocenters. The molecule has 1 aromatic heterocycles. The molecule has 2 aromatic carbocycles. The summed E-state index contributed by atoms with van der Waals surface area (Å²) in [7, 11) is 1.53. The number of benzene rings is 2. The fraction of sp³-hybridized carbons (Fsp3) is 0.280. The van der Waals surface area contributed by atoms with E-state index in [1.54, 1.807) is 45.2 Å². The first-order valence-corrected chi connectivity index (χ1v) is 10.5. The highest BCUT2D eigenvalue weighted by Gasteiger charge is 2.22. The van der Waals surface area contributed by atoms with Crippen LogP contribution in [0.15, 0.2) is 54.7 Å². The topological polar surface area (TPSA) is 101 Å². The molecule has 0 fully saturated rings. The average Bonchev–Trinajstić information content (AvgIpc) is 2.71. The Hall–Kier alpha value is -3.94. The van der Waals surface area contributed by atoms with E-state index >= 15 is 0 Å². The van der Waals surface area contributed by atoms with Crippen LogP contribution in [0, 0.1) is 6.92 Å². The molecular weight excluding hydrogens is 420 g/mol. The summed E-state index contributed by atoms with van der Waals surface area (Å²) in [5.41, 5.74) is 0.826. The van der Waals surface area contributed by atoms with Crippen molar-refractivity contribution in [2.45, 2.75) is 33.3 Å². The van der Waals surface area contributed by atoms with Crippen LogP contribution in [0.4, 0.5) is 16.3 Å². The van der Waals surface area contributed by atoms with Crippen LogP contribution in [-0.2, 0) is 9.53 Å². The Morgan fingerprint density at radius 3 is 2.30 bits per heavy atom. The first-order valence-electron chi connectivity index (χ1n) is 10.5. The molecule has 0 aliphatic rings. The van der Waals surface area contributed by atoms with E-state index < -0.39 is 17.6 Å². The number of amides is 3. The van der Waals surface area contributed by atoms with Crippen molar-refractivity contribution in [1.82, 2.24) is 9.88 Å². The number of aryl methyl sites for hydroxylation is 1. The first kappa shape index (κ1) is 23.7. The van der Waals surface area contributed by atoms with E-state index in [9.17, 15) is 14.4 Å². The molecule has 0 radical (unpaired) electrons. The molecule has 3 rings (SSSR count). The molecule has 0 atom stereocenters. The predicted octanol–water partition coefficient (Wildman–Crippen LogP) is 4.60. The molecule has 0 aliphatic heterocycles. The molecule has 3 amide bonds. The van der Waals surface area contributed by atoms with Crippen LogP contribution < -0.4 is 10.6 Å². The van der Waals surface area contributed by atoms with Crippen molar-refractivity contribution in [2.75, 3.05) is 24.2 Å². The van der Waals surface area contributed by atoms with E-state index in [-0.39, 0.29) is 18.0 Å². The highest BCUT2D eigenvalue weighted by atomic mass is 16.6. The Morgan fingerprint density at radius 2 is 1.67 bits per heavy atom. The van der Waals surface area contributed by atoms with E-state index in [4.69, 9.17) is 4.74 Å². The minimum Gasteiger partial charge on any atom is -0.444 e. The summed E-state index contributed by atoms with van der Waals surface area (Å²) >= 11 is 0. The zero-order valence-electron chi connectivity index (χ0n) is 19.4. The maximum Gasteiger partial charge on any atom is 0.412 e. The molecule has 8 heteroatoms. The van der Waals surface area contributed by atoms with Gasteiger partial charge in [-0.2, -0.15) is 0 Å². The standard InChI is InChI=1S/C25H28N4O4/c1-16-10-11-26-21(12-16)28-22(30)15-29(5)23(31)19-13-17-8-6-7-9-18(17)14-20(19)27-24(32)33-25(2,3)4/h6-14H,15H2,1-5H3,(H,27,32)(H,26,28,30). The van der Waals surface area contributed by atoms with Crippen LogP contribution in [0.5, 0.6) is 0 Å². The first-order chi connectivity index (χ1) is 15.5. The molecule has 172 valence electrons. The van der Waals surface area contributed by atoms with Crippen LogP contribution in [0.25, 0.3) is 10.8 Å². The summed E-state index contributed by atoms with van der Waals surface area (Å²) in [5, 5.41) is 7.05. The smallest absolute Gasteiger partial charge is 0.412 e. The second-order valence-electron chi connectivity index (χ2n) is 8.80. The number of pyridine rings is 1. The Balaban J connectivity index is 1.83. The molecule has 1 heterocycles. The van der Waals surface area contributed by atoms with Crippen molar-refractivity contribution in [3.05, 3.63) is 65.9 Å². The number of aromatic nitrogens is 1. The number of carbonyl (C=O) groups is 3. The summed E-state index contributed by atoms with van der Waals surface area (Å²) in [6.45, 7) is 6.98. The van der Waals surface area contributed by atoms with Gasteiger partial charge in [-0.1, -0.05) is 24.3 Å². The fourth-order valence-corrected chi connectivity index (χ4v) is 3.21. The number of nitrogens with one attached hydrogen (secondary N) is 2. The predicted molar refractivity (Wildman–Crippen MR) is 128 cm³/mol. The van der Waals surface area contributed by atoms with Crippen molar-refractivity contribution >= 4 is 40.2 Å². The maximum absolute atomic E-state index is 13.3. The van der Waals surface area contributed by atoms with Gasteiger partial charge in [-0.25, -0.2) is 9.78 Å². The second-order valence-corrected chi connectivity index (χ2v) is 8.80. The highest BCUT2D eigenvalue weighted by Crippen LogP contribution is 2.26. The van der Waals surface area contributed by atoms with E-state index in [2.05, 4.69) is 15.6 Å². The van der Waals surface area contributed by atoms with Gasteiger partial charge >= 0.3 is 6.09 Å². The third-order valence-corrected chi connectivity index (χ3v) is 4.66. The molecule has 0 aliphatic carbocycles. The molecule has 0 saturated carbocycles. The van der Waals surface area contributed by atoms with E-state index in [0.717, 1.165) is 16.3 Å². The quantitative estimate of drug-likeness (QED) is 0.594. The summed E-state index contributed by atoms with van der Waals surface area (Å²) < 4.78 is 5.34. The molecule has 0 saturated heterocycles. The number of carbonyl (C=O) groups excluding carboxylic acids is 3. The highest BCUT2D eigenvalue weighted by molar-refractivity contribution is 6.08. The van der Waals surface area contributed by atoms with Crippen molar-refractivity contribution in [2.24, 2.45) is 0 Å². The summed E-state index contributed by atoms with van der Waals surface area (Å²) in [5.74, 6) is -0.385. The van der Waals surface area contributed by atoms with Crippen molar-refractivity contribution in [1.29, 1.82) is 0 Å². The molecule has 3 aromatic rings. The van der Waals surface area contributed by atoms with Crippen LogP contribution >= 0.6 is 0 Å². The largest absolute Gasteiger partial charge is 0.444 e. The maximum atomic E-state index is 13.3. The Kier molecular flexibility index (Phi) is 6.96. The van der Waals surface area contributed by atoms with Gasteiger partial charge in [0.1, 0.15) is 11.4 Å². The Labute approximate surface area is 192 Å². The minimum atomic E-state index is -0.691. The van der Waals surface area contributed by atoms with Gasteiger partial charge in [-0.05, 0) is 68.3 Å². The molecule has 0 spiro atoms. The van der Waals surface area contributed by atoms with Crippen molar-refractivity contribution in [3.63, 3.8) is 0 Å². The summed E-state index contributed by atoms with van der Waals surface area (Å²) in [6, 6.07) is 14.5. The SMILES string of the molecule is Cc1ccnc(NC(=O)CN(C)C(=O)c2cc3ccccc3cc2NC(=O)OC(C)(C)C)c1. The minimum absolute atomic E-state index is 0.187. The lowest BCUT2D eigenvalue weighted by atomic mass is 10.0. The van der Waals surface area contributed by atoms with Crippen LogP contribution in [0.3, 0.4) is 0 Å². The number of likely N-dealkylation sites (N-methyl/N-ethyl adjacent to an activating group) is 1. The Morgan fingerprint density at radius 1 is 1.00 bits per heavy atom. The number of hydrogen-bond donors (Lipinski definition) is 2. The Bertz CT molecular complexity index is 1200. The van der Waals surface area contributed by atoms with Crippen LogP contribution in [0.2, 0.25) is 0 Å². The van der Waals surface area contributed by atoms with E-state index in [0.29, 0.717) is 11.5 Å². The van der Waals surface area contributed by atoms with Gasteiger partial charge in [0.15, 0.2) is 0 Å². The summed E-state index contributed by atoms with van der Waals surface area (Å²) in [6.07, 6.45) is 0.932. The molecule has 0 bridgehead atoms. The lowest BCUT2D eigenvalue weighted by Gasteiger charge is -2.22.